The van der Waals surface area contributed by atoms with Gasteiger partial charge in [0, 0.05) is 35.4 Å². The van der Waals surface area contributed by atoms with Crippen LogP contribution in [0, 0.1) is 5.92 Å². The lowest BCUT2D eigenvalue weighted by molar-refractivity contribution is 0.0918. The first-order valence-electron chi connectivity index (χ1n) is 7.65. The minimum absolute atomic E-state index is 0.0988. The average Bonchev–Trinajstić information content (AvgIpc) is 3.10. The molecule has 0 saturated heterocycles. The molecule has 0 saturated carbocycles. The minimum Gasteiger partial charge on any atom is -0.457 e. The average molecular weight is 341 g/mol. The van der Waals surface area contributed by atoms with Gasteiger partial charge in [-0.2, -0.15) is 0 Å². The Labute approximate surface area is 145 Å². The molecular formula is C19H17ClN2O2. The second-order valence-electron chi connectivity index (χ2n) is 5.61. The summed E-state index contributed by atoms with van der Waals surface area (Å²) in [5, 5.41) is 0.662. The summed E-state index contributed by atoms with van der Waals surface area (Å²) in [5.74, 6) is 1.35. The van der Waals surface area contributed by atoms with E-state index in [1.807, 2.05) is 17.7 Å². The maximum absolute atomic E-state index is 12.5. The number of carbonyl (C=O) groups is 1. The van der Waals surface area contributed by atoms with Gasteiger partial charge in [0.15, 0.2) is 5.78 Å². The van der Waals surface area contributed by atoms with Crippen LogP contribution >= 0.6 is 11.6 Å². The standard InChI is InChI=1S/C19H17ClN2O2/c1-14(12-22-11-10-21-13-22)19(23)15-2-6-17(7-3-15)24-18-8-4-16(20)5-9-18/h2-11,13-14H,12H2,1H3. The summed E-state index contributed by atoms with van der Waals surface area (Å²) in [7, 11) is 0. The summed E-state index contributed by atoms with van der Waals surface area (Å²) in [4.78, 5) is 16.5. The lowest BCUT2D eigenvalue weighted by atomic mass is 9.99. The van der Waals surface area contributed by atoms with Crippen molar-refractivity contribution >= 4 is 17.4 Å². The van der Waals surface area contributed by atoms with Gasteiger partial charge in [0.1, 0.15) is 11.5 Å². The Balaban J connectivity index is 1.65. The zero-order valence-electron chi connectivity index (χ0n) is 13.2. The fraction of sp³-hybridized carbons (Fsp3) is 0.158. The third-order valence-corrected chi connectivity index (χ3v) is 3.93. The number of hydrogen-bond acceptors (Lipinski definition) is 3. The molecule has 0 aliphatic rings. The van der Waals surface area contributed by atoms with E-state index in [9.17, 15) is 4.79 Å². The molecule has 1 atom stereocenters. The molecule has 1 unspecified atom stereocenters. The van der Waals surface area contributed by atoms with E-state index in [2.05, 4.69) is 4.98 Å². The van der Waals surface area contributed by atoms with E-state index in [1.54, 1.807) is 61.1 Å². The number of ether oxygens (including phenoxy) is 1. The minimum atomic E-state index is -0.123. The van der Waals surface area contributed by atoms with Gasteiger partial charge in [-0.25, -0.2) is 4.98 Å². The first-order valence-corrected chi connectivity index (χ1v) is 8.03. The Morgan fingerprint density at radius 3 is 2.33 bits per heavy atom. The van der Waals surface area contributed by atoms with Crippen molar-refractivity contribution in [2.45, 2.75) is 13.5 Å². The fourth-order valence-corrected chi connectivity index (χ4v) is 2.53. The number of aromatic nitrogens is 2. The van der Waals surface area contributed by atoms with Crippen molar-refractivity contribution in [3.8, 4) is 11.5 Å². The van der Waals surface area contributed by atoms with Crippen molar-refractivity contribution in [2.75, 3.05) is 0 Å². The van der Waals surface area contributed by atoms with Gasteiger partial charge in [-0.3, -0.25) is 4.79 Å². The number of halogens is 1. The van der Waals surface area contributed by atoms with Crippen LogP contribution in [0.15, 0.2) is 67.3 Å². The Morgan fingerprint density at radius 1 is 1.12 bits per heavy atom. The van der Waals surface area contributed by atoms with E-state index < -0.39 is 0 Å². The number of hydrogen-bond donors (Lipinski definition) is 0. The Hall–Kier alpha value is -2.59. The van der Waals surface area contributed by atoms with Crippen LogP contribution in [0.2, 0.25) is 5.02 Å². The number of imidazole rings is 1. The molecule has 1 aromatic heterocycles. The zero-order chi connectivity index (χ0) is 16.9. The molecule has 1 heterocycles. The number of benzene rings is 2. The number of Topliss-reactive ketones (excluding diaryl/α,β-unsaturated/α-hetero) is 1. The molecule has 0 N–H and O–H groups in total. The molecule has 0 fully saturated rings. The summed E-state index contributed by atoms with van der Waals surface area (Å²) in [6.45, 7) is 2.53. The third kappa shape index (κ3) is 4.03. The number of ketones is 1. The van der Waals surface area contributed by atoms with Crippen LogP contribution in [0.3, 0.4) is 0 Å². The molecule has 0 spiro atoms. The first-order chi connectivity index (χ1) is 11.6. The highest BCUT2D eigenvalue weighted by atomic mass is 35.5. The van der Waals surface area contributed by atoms with E-state index in [-0.39, 0.29) is 11.7 Å². The second-order valence-corrected chi connectivity index (χ2v) is 6.04. The van der Waals surface area contributed by atoms with Crippen LogP contribution in [0.5, 0.6) is 11.5 Å². The zero-order valence-corrected chi connectivity index (χ0v) is 14.0. The van der Waals surface area contributed by atoms with Crippen molar-refractivity contribution < 1.29 is 9.53 Å². The maximum atomic E-state index is 12.5. The van der Waals surface area contributed by atoms with Gasteiger partial charge < -0.3 is 9.30 Å². The van der Waals surface area contributed by atoms with Gasteiger partial charge in [-0.15, -0.1) is 0 Å². The van der Waals surface area contributed by atoms with Crippen LogP contribution in [0.25, 0.3) is 0 Å². The monoisotopic (exact) mass is 340 g/mol. The molecule has 3 rings (SSSR count). The molecule has 0 aliphatic carbocycles. The highest BCUT2D eigenvalue weighted by Gasteiger charge is 2.15. The Bertz CT molecular complexity index is 796. The molecule has 4 nitrogen and oxygen atoms in total. The number of nitrogens with zero attached hydrogens (tertiary/aromatic N) is 2. The van der Waals surface area contributed by atoms with E-state index in [0.717, 1.165) is 0 Å². The van der Waals surface area contributed by atoms with Gasteiger partial charge in [0.05, 0.1) is 6.33 Å². The van der Waals surface area contributed by atoms with Gasteiger partial charge in [0.2, 0.25) is 0 Å². The quantitative estimate of drug-likeness (QED) is 0.602. The van der Waals surface area contributed by atoms with Gasteiger partial charge >= 0.3 is 0 Å². The Kier molecular flexibility index (Phi) is 4.96. The summed E-state index contributed by atoms with van der Waals surface area (Å²) in [6.07, 6.45) is 5.28. The molecule has 122 valence electrons. The molecule has 2 aromatic carbocycles. The van der Waals surface area contributed by atoms with Crippen LogP contribution < -0.4 is 4.74 Å². The first kappa shape index (κ1) is 16.3. The molecule has 24 heavy (non-hydrogen) atoms. The smallest absolute Gasteiger partial charge is 0.167 e. The molecule has 0 bridgehead atoms. The van der Waals surface area contributed by atoms with Crippen LogP contribution in [-0.4, -0.2) is 15.3 Å². The predicted molar refractivity (Wildman–Crippen MR) is 93.7 cm³/mol. The topological polar surface area (TPSA) is 44.1 Å². The fourth-order valence-electron chi connectivity index (χ4n) is 2.40. The molecule has 0 amide bonds. The lowest BCUT2D eigenvalue weighted by Gasteiger charge is -2.12. The summed E-state index contributed by atoms with van der Waals surface area (Å²) in [5.41, 5.74) is 0.672. The van der Waals surface area contributed by atoms with Crippen molar-refractivity contribution in [2.24, 2.45) is 5.92 Å². The van der Waals surface area contributed by atoms with Crippen molar-refractivity contribution in [1.29, 1.82) is 0 Å². The molecule has 0 radical (unpaired) electrons. The van der Waals surface area contributed by atoms with Crippen LogP contribution in [0.4, 0.5) is 0 Å². The van der Waals surface area contributed by atoms with Gasteiger partial charge in [0.25, 0.3) is 0 Å². The highest BCUT2D eigenvalue weighted by Crippen LogP contribution is 2.24. The van der Waals surface area contributed by atoms with Gasteiger partial charge in [-0.1, -0.05) is 18.5 Å². The Morgan fingerprint density at radius 2 is 1.75 bits per heavy atom. The van der Waals surface area contributed by atoms with E-state index >= 15 is 0 Å². The predicted octanol–water partition coefficient (Wildman–Crippen LogP) is 4.85. The van der Waals surface area contributed by atoms with Crippen molar-refractivity contribution in [3.05, 3.63) is 77.8 Å². The summed E-state index contributed by atoms with van der Waals surface area (Å²) < 4.78 is 7.63. The SMILES string of the molecule is CC(Cn1ccnc1)C(=O)c1ccc(Oc2ccc(Cl)cc2)cc1. The highest BCUT2D eigenvalue weighted by molar-refractivity contribution is 6.30. The number of rotatable bonds is 6. The van der Waals surface area contributed by atoms with Crippen molar-refractivity contribution in [1.82, 2.24) is 9.55 Å². The normalized spacial score (nSPS) is 11.9. The van der Waals surface area contributed by atoms with E-state index in [0.29, 0.717) is 28.6 Å². The maximum Gasteiger partial charge on any atom is 0.167 e. The van der Waals surface area contributed by atoms with E-state index in [4.69, 9.17) is 16.3 Å². The van der Waals surface area contributed by atoms with Gasteiger partial charge in [-0.05, 0) is 48.5 Å². The lowest BCUT2D eigenvalue weighted by Crippen LogP contribution is -2.17. The largest absolute Gasteiger partial charge is 0.457 e. The molecule has 3 aromatic rings. The van der Waals surface area contributed by atoms with Crippen LogP contribution in [0.1, 0.15) is 17.3 Å². The summed E-state index contributed by atoms with van der Waals surface area (Å²) in [6, 6.07) is 14.3. The second kappa shape index (κ2) is 7.32. The molecular weight excluding hydrogens is 324 g/mol. The van der Waals surface area contributed by atoms with Crippen LogP contribution in [-0.2, 0) is 6.54 Å². The summed E-state index contributed by atoms with van der Waals surface area (Å²) >= 11 is 5.85. The number of carbonyl (C=O) groups excluding carboxylic acids is 1. The third-order valence-electron chi connectivity index (χ3n) is 3.68. The van der Waals surface area contributed by atoms with E-state index in [1.165, 1.54) is 0 Å². The van der Waals surface area contributed by atoms with Crippen molar-refractivity contribution in [3.63, 3.8) is 0 Å². The molecule has 5 heteroatoms. The molecule has 0 aliphatic heterocycles.